The second-order valence-corrected chi connectivity index (χ2v) is 3.26. The van der Waals surface area contributed by atoms with E-state index in [1.54, 1.807) is 6.92 Å². The highest BCUT2D eigenvalue weighted by Gasteiger charge is 2.19. The first-order chi connectivity index (χ1) is 7.47. The molecule has 1 aromatic carbocycles. The third-order valence-electron chi connectivity index (χ3n) is 2.16. The summed E-state index contributed by atoms with van der Waals surface area (Å²) in [5.74, 6) is -2.59. The van der Waals surface area contributed by atoms with E-state index in [0.717, 1.165) is 18.2 Å². The van der Waals surface area contributed by atoms with Gasteiger partial charge in [0.1, 0.15) is 5.82 Å². The molecule has 0 aliphatic heterocycles. The Morgan fingerprint density at radius 2 is 2.06 bits per heavy atom. The van der Waals surface area contributed by atoms with E-state index >= 15 is 0 Å². The summed E-state index contributed by atoms with van der Waals surface area (Å²) in [7, 11) is 0. The molecule has 0 radical (unpaired) electrons. The molecule has 0 saturated heterocycles. The van der Waals surface area contributed by atoms with Crippen molar-refractivity contribution in [3.8, 4) is 0 Å². The zero-order valence-electron chi connectivity index (χ0n) is 8.61. The number of carbonyl (C=O) groups is 2. The average molecular weight is 226 g/mol. The molecule has 0 aliphatic rings. The van der Waals surface area contributed by atoms with Crippen molar-refractivity contribution in [1.29, 1.82) is 0 Å². The Morgan fingerprint density at radius 1 is 1.44 bits per heavy atom. The van der Waals surface area contributed by atoms with Gasteiger partial charge in [0.2, 0.25) is 0 Å². The van der Waals surface area contributed by atoms with Crippen LogP contribution in [-0.2, 0) is 4.79 Å². The van der Waals surface area contributed by atoms with E-state index in [4.69, 9.17) is 5.11 Å². The molecular formula is C11H11FO4. The Morgan fingerprint density at radius 3 is 2.56 bits per heavy atom. The van der Waals surface area contributed by atoms with Crippen LogP contribution in [0.2, 0.25) is 0 Å². The lowest BCUT2D eigenvalue weighted by Crippen LogP contribution is -2.12. The molecular weight excluding hydrogens is 215 g/mol. The van der Waals surface area contributed by atoms with Crippen molar-refractivity contribution in [3.63, 3.8) is 0 Å². The summed E-state index contributed by atoms with van der Waals surface area (Å²) in [6.45, 7) is 1.57. The lowest BCUT2D eigenvalue weighted by molar-refractivity contribution is -0.146. The largest absolute Gasteiger partial charge is 0.479 e. The van der Waals surface area contributed by atoms with Crippen molar-refractivity contribution in [2.45, 2.75) is 19.4 Å². The second-order valence-electron chi connectivity index (χ2n) is 3.26. The zero-order valence-corrected chi connectivity index (χ0v) is 8.61. The number of ketones is 1. The molecule has 2 N–H and O–H groups in total. The van der Waals surface area contributed by atoms with Gasteiger partial charge in [0.15, 0.2) is 11.9 Å². The van der Waals surface area contributed by atoms with Crippen LogP contribution < -0.4 is 0 Å². The quantitative estimate of drug-likeness (QED) is 0.763. The molecule has 1 aromatic rings. The van der Waals surface area contributed by atoms with Crippen molar-refractivity contribution in [2.75, 3.05) is 0 Å². The number of carboxylic acid groups (broad SMARTS) is 1. The molecule has 0 aliphatic carbocycles. The Labute approximate surface area is 91.3 Å². The van der Waals surface area contributed by atoms with Gasteiger partial charge in [-0.25, -0.2) is 9.18 Å². The van der Waals surface area contributed by atoms with Gasteiger partial charge in [0.25, 0.3) is 0 Å². The smallest absolute Gasteiger partial charge is 0.337 e. The van der Waals surface area contributed by atoms with E-state index in [2.05, 4.69) is 0 Å². The van der Waals surface area contributed by atoms with Crippen molar-refractivity contribution in [3.05, 3.63) is 35.1 Å². The fraction of sp³-hybridized carbons (Fsp3) is 0.273. The standard InChI is InChI=1S/C11H11FO4/c1-2-9(13)7-5-6(3-4-8(7)12)10(14)11(15)16/h3-5,10,14H,2H2,1H3,(H,15,16). The summed E-state index contributed by atoms with van der Waals surface area (Å²) in [4.78, 5) is 21.8. The Hall–Kier alpha value is -1.75. The molecule has 0 spiro atoms. The fourth-order valence-electron chi connectivity index (χ4n) is 1.26. The third-order valence-corrected chi connectivity index (χ3v) is 2.16. The number of benzene rings is 1. The fourth-order valence-corrected chi connectivity index (χ4v) is 1.26. The van der Waals surface area contributed by atoms with Gasteiger partial charge in [-0.15, -0.1) is 0 Å². The number of Topliss-reactive ketones (excluding diaryl/α,β-unsaturated/α-hetero) is 1. The molecule has 16 heavy (non-hydrogen) atoms. The summed E-state index contributed by atoms with van der Waals surface area (Å²) in [6, 6.07) is 3.19. The van der Waals surface area contributed by atoms with Crippen molar-refractivity contribution >= 4 is 11.8 Å². The number of halogens is 1. The monoisotopic (exact) mass is 226 g/mol. The molecule has 0 saturated carbocycles. The van der Waals surface area contributed by atoms with Gasteiger partial charge in [-0.3, -0.25) is 4.79 Å². The average Bonchev–Trinajstić information content (AvgIpc) is 2.27. The number of rotatable bonds is 4. The molecule has 4 nitrogen and oxygen atoms in total. The van der Waals surface area contributed by atoms with E-state index < -0.39 is 23.7 Å². The van der Waals surface area contributed by atoms with Crippen molar-refractivity contribution in [2.24, 2.45) is 0 Å². The van der Waals surface area contributed by atoms with Crippen LogP contribution in [0.15, 0.2) is 18.2 Å². The molecule has 0 amide bonds. The minimum absolute atomic E-state index is 0.00861. The molecule has 0 aromatic heterocycles. The van der Waals surface area contributed by atoms with Gasteiger partial charge in [0.05, 0.1) is 5.56 Å². The van der Waals surface area contributed by atoms with Crippen LogP contribution in [0.25, 0.3) is 0 Å². The normalized spacial score (nSPS) is 12.2. The summed E-state index contributed by atoms with van der Waals surface area (Å²) >= 11 is 0. The molecule has 1 rings (SSSR count). The molecule has 1 unspecified atom stereocenters. The Kier molecular flexibility index (Phi) is 3.73. The van der Waals surface area contributed by atoms with Crippen LogP contribution >= 0.6 is 0 Å². The minimum atomic E-state index is -1.75. The predicted molar refractivity (Wildman–Crippen MR) is 53.6 cm³/mol. The second kappa shape index (κ2) is 4.85. The number of hydrogen-bond acceptors (Lipinski definition) is 3. The van der Waals surface area contributed by atoms with Crippen molar-refractivity contribution < 1.29 is 24.2 Å². The highest BCUT2D eigenvalue weighted by Crippen LogP contribution is 2.18. The van der Waals surface area contributed by atoms with Crippen LogP contribution in [0.3, 0.4) is 0 Å². The van der Waals surface area contributed by atoms with Gasteiger partial charge in [-0.2, -0.15) is 0 Å². The number of aliphatic carboxylic acids is 1. The molecule has 0 heterocycles. The van der Waals surface area contributed by atoms with Gasteiger partial charge in [0, 0.05) is 6.42 Å². The Balaban J connectivity index is 3.17. The van der Waals surface area contributed by atoms with E-state index in [9.17, 15) is 19.1 Å². The zero-order chi connectivity index (χ0) is 12.3. The predicted octanol–water partition coefficient (Wildman–Crippen LogP) is 1.54. The van der Waals surface area contributed by atoms with Gasteiger partial charge >= 0.3 is 5.97 Å². The molecule has 5 heteroatoms. The maximum Gasteiger partial charge on any atom is 0.337 e. The van der Waals surface area contributed by atoms with Gasteiger partial charge in [-0.05, 0) is 17.7 Å². The van der Waals surface area contributed by atoms with Crippen molar-refractivity contribution in [1.82, 2.24) is 0 Å². The third kappa shape index (κ3) is 2.43. The first-order valence-electron chi connectivity index (χ1n) is 4.71. The van der Waals surface area contributed by atoms with Crippen LogP contribution in [0.1, 0.15) is 35.4 Å². The lowest BCUT2D eigenvalue weighted by Gasteiger charge is -2.08. The first kappa shape index (κ1) is 12.3. The number of carbonyl (C=O) groups excluding carboxylic acids is 1. The number of aliphatic hydroxyl groups excluding tert-OH is 1. The van der Waals surface area contributed by atoms with Crippen LogP contribution in [0.5, 0.6) is 0 Å². The molecule has 0 fully saturated rings. The topological polar surface area (TPSA) is 74.6 Å². The highest BCUT2D eigenvalue weighted by atomic mass is 19.1. The number of aliphatic hydroxyl groups is 1. The molecule has 1 atom stereocenters. The Bertz CT molecular complexity index is 428. The molecule has 0 bridgehead atoms. The number of carboxylic acids is 1. The van der Waals surface area contributed by atoms with E-state index in [0.29, 0.717) is 0 Å². The van der Waals surface area contributed by atoms with Crippen LogP contribution in [0, 0.1) is 5.82 Å². The van der Waals surface area contributed by atoms with Gasteiger partial charge < -0.3 is 10.2 Å². The highest BCUT2D eigenvalue weighted by molar-refractivity contribution is 5.96. The van der Waals surface area contributed by atoms with Crippen LogP contribution in [-0.4, -0.2) is 22.0 Å². The summed E-state index contributed by atoms with van der Waals surface area (Å²) in [6.07, 6.45) is -1.63. The summed E-state index contributed by atoms with van der Waals surface area (Å²) in [5, 5.41) is 17.8. The lowest BCUT2D eigenvalue weighted by atomic mass is 10.0. The number of hydrogen-bond donors (Lipinski definition) is 2. The van der Waals surface area contributed by atoms with E-state index in [1.165, 1.54) is 0 Å². The van der Waals surface area contributed by atoms with E-state index in [1.807, 2.05) is 0 Å². The van der Waals surface area contributed by atoms with E-state index in [-0.39, 0.29) is 17.5 Å². The summed E-state index contributed by atoms with van der Waals surface area (Å²) in [5.41, 5.74) is -0.203. The minimum Gasteiger partial charge on any atom is -0.479 e. The van der Waals surface area contributed by atoms with Gasteiger partial charge in [-0.1, -0.05) is 13.0 Å². The van der Waals surface area contributed by atoms with Crippen LogP contribution in [0.4, 0.5) is 4.39 Å². The maximum absolute atomic E-state index is 13.2. The molecule has 86 valence electrons. The maximum atomic E-state index is 13.2. The SMILES string of the molecule is CCC(=O)c1cc(C(O)C(=O)O)ccc1F. The summed E-state index contributed by atoms with van der Waals surface area (Å²) < 4.78 is 13.2. The first-order valence-corrected chi connectivity index (χ1v) is 4.71.